The Bertz CT molecular complexity index is 1720. The van der Waals surface area contributed by atoms with Crippen molar-refractivity contribution >= 4 is 0 Å². The minimum atomic E-state index is -0.831. The third kappa shape index (κ3) is 9.09. The summed E-state index contributed by atoms with van der Waals surface area (Å²) in [6.07, 6.45) is -3.45. The second kappa shape index (κ2) is 17.8. The quantitative estimate of drug-likeness (QED) is 0.113. The predicted molar refractivity (Wildman–Crippen MR) is 190 cm³/mol. The summed E-state index contributed by atoms with van der Waals surface area (Å²) in [4.78, 5) is 0. The summed E-state index contributed by atoms with van der Waals surface area (Å²) < 4.78 is 44.9. The van der Waals surface area contributed by atoms with Crippen LogP contribution in [-0.4, -0.2) is 50.3 Å². The summed E-state index contributed by atoms with van der Waals surface area (Å²) in [5.41, 5.74) is 4.46. The highest BCUT2D eigenvalue weighted by Gasteiger charge is 2.50. The van der Waals surface area contributed by atoms with Gasteiger partial charge in [0.15, 0.2) is 0 Å². The Morgan fingerprint density at radius 2 is 1.00 bits per heavy atom. The fourth-order valence-corrected chi connectivity index (χ4v) is 6.18. The molecule has 1 fully saturated rings. The molecule has 5 aromatic rings. The van der Waals surface area contributed by atoms with Gasteiger partial charge in [0, 0.05) is 12.1 Å². The average Bonchev–Trinajstić information content (AvgIpc) is 3.17. The molecule has 6 rings (SSSR count). The molecule has 1 heterocycles. The van der Waals surface area contributed by atoms with Gasteiger partial charge in [-0.1, -0.05) is 121 Å². The van der Waals surface area contributed by atoms with Gasteiger partial charge in [0.1, 0.15) is 47.8 Å². The van der Waals surface area contributed by atoms with Crippen LogP contribution >= 0.6 is 0 Å². The minimum absolute atomic E-state index is 0.0473. The lowest BCUT2D eigenvalue weighted by Gasteiger charge is -2.46. The van der Waals surface area contributed by atoms with Crippen molar-refractivity contribution in [1.82, 2.24) is 0 Å². The Kier molecular flexibility index (Phi) is 12.5. The molecular weight excluding hydrogens is 632 g/mol. The van der Waals surface area contributed by atoms with E-state index in [-0.39, 0.29) is 19.0 Å². The van der Waals surface area contributed by atoms with Crippen LogP contribution in [0.4, 0.5) is 0 Å². The molecule has 0 aliphatic carbocycles. The zero-order chi connectivity index (χ0) is 34.5. The summed E-state index contributed by atoms with van der Waals surface area (Å²) in [6.45, 7) is 1.48. The highest BCUT2D eigenvalue weighted by Crippen LogP contribution is 2.46. The van der Waals surface area contributed by atoms with Crippen LogP contribution < -0.4 is 9.47 Å². The van der Waals surface area contributed by atoms with Gasteiger partial charge < -0.3 is 38.3 Å². The van der Waals surface area contributed by atoms with E-state index in [0.717, 1.165) is 22.3 Å². The SMILES string of the molecule is COc1cc(O)c([C@@H]2OC(COCc3ccccc3)[C@@H](OCc3ccccc3)C(OCc3ccccc3)C2OCc2ccccc2)c(OC)c1. The summed E-state index contributed by atoms with van der Waals surface area (Å²) in [5.74, 6) is 0.799. The standard InChI is InChI=1S/C42H44O8/c1-44-34-23-35(43)38(36(24-34)45-2)40-42(49-28-33-21-13-6-14-22-33)41(48-27-32-19-11-5-12-20-32)39(47-26-31-17-9-4-10-18-31)37(50-40)29-46-25-30-15-7-3-8-16-30/h3-24,37,39-43H,25-29H2,1-2H3/t37?,39-,40+,41?,42?/m1/s1. The molecule has 0 saturated carbocycles. The molecule has 5 atom stereocenters. The first kappa shape index (κ1) is 35.1. The number of rotatable bonds is 16. The van der Waals surface area contributed by atoms with Gasteiger partial charge >= 0.3 is 0 Å². The fraction of sp³-hybridized carbons (Fsp3) is 0.286. The number of methoxy groups -OCH3 is 2. The predicted octanol–water partition coefficient (Wildman–Crippen LogP) is 7.82. The van der Waals surface area contributed by atoms with E-state index in [1.807, 2.05) is 121 Å². The first-order valence-corrected chi connectivity index (χ1v) is 16.8. The first-order valence-electron chi connectivity index (χ1n) is 16.8. The molecule has 0 amide bonds. The van der Waals surface area contributed by atoms with Crippen molar-refractivity contribution in [2.24, 2.45) is 0 Å². The number of phenols is 1. The second-order valence-electron chi connectivity index (χ2n) is 12.1. The van der Waals surface area contributed by atoms with Crippen LogP contribution in [0.2, 0.25) is 0 Å². The van der Waals surface area contributed by atoms with Crippen molar-refractivity contribution in [2.45, 2.75) is 56.9 Å². The van der Waals surface area contributed by atoms with Crippen LogP contribution in [0.15, 0.2) is 133 Å². The number of phenolic OH excluding ortho intramolecular Hbond substituents is 1. The number of benzene rings is 5. The Morgan fingerprint density at radius 3 is 1.48 bits per heavy atom. The fourth-order valence-electron chi connectivity index (χ4n) is 6.18. The largest absolute Gasteiger partial charge is 0.507 e. The van der Waals surface area contributed by atoms with Crippen molar-refractivity contribution in [1.29, 1.82) is 0 Å². The van der Waals surface area contributed by atoms with Crippen LogP contribution in [0.25, 0.3) is 0 Å². The molecule has 3 unspecified atom stereocenters. The van der Waals surface area contributed by atoms with Crippen LogP contribution in [0.5, 0.6) is 17.2 Å². The van der Waals surface area contributed by atoms with Crippen molar-refractivity contribution in [3.63, 3.8) is 0 Å². The highest BCUT2D eigenvalue weighted by molar-refractivity contribution is 5.52. The van der Waals surface area contributed by atoms with Gasteiger partial charge in [-0.15, -0.1) is 0 Å². The summed E-state index contributed by atoms with van der Waals surface area (Å²) in [5, 5.41) is 11.5. The lowest BCUT2D eigenvalue weighted by atomic mass is 9.89. The Balaban J connectivity index is 1.40. The van der Waals surface area contributed by atoms with Crippen molar-refractivity contribution in [3.05, 3.63) is 161 Å². The lowest BCUT2D eigenvalue weighted by molar-refractivity contribution is -0.275. The van der Waals surface area contributed by atoms with Gasteiger partial charge in [-0.3, -0.25) is 0 Å². The Labute approximate surface area is 294 Å². The van der Waals surface area contributed by atoms with Crippen molar-refractivity contribution < 1.29 is 38.3 Å². The molecule has 0 bridgehead atoms. The number of hydrogen-bond acceptors (Lipinski definition) is 8. The maximum Gasteiger partial charge on any atom is 0.132 e. The summed E-state index contributed by atoms with van der Waals surface area (Å²) in [6, 6.07) is 43.2. The highest BCUT2D eigenvalue weighted by atomic mass is 16.6. The third-order valence-corrected chi connectivity index (χ3v) is 8.72. The Morgan fingerprint density at radius 1 is 0.540 bits per heavy atom. The zero-order valence-corrected chi connectivity index (χ0v) is 28.4. The van der Waals surface area contributed by atoms with Gasteiger partial charge in [0.25, 0.3) is 0 Å². The monoisotopic (exact) mass is 676 g/mol. The smallest absolute Gasteiger partial charge is 0.132 e. The molecule has 0 aromatic heterocycles. The van der Waals surface area contributed by atoms with Crippen molar-refractivity contribution in [2.75, 3.05) is 20.8 Å². The molecule has 5 aromatic carbocycles. The molecule has 260 valence electrons. The van der Waals surface area contributed by atoms with Crippen LogP contribution in [-0.2, 0) is 50.1 Å². The lowest BCUT2D eigenvalue weighted by Crippen LogP contribution is -2.58. The van der Waals surface area contributed by atoms with Crippen molar-refractivity contribution in [3.8, 4) is 17.2 Å². The number of ether oxygens (including phenoxy) is 7. The van der Waals surface area contributed by atoms with E-state index >= 15 is 0 Å². The molecule has 1 saturated heterocycles. The molecule has 1 aliphatic rings. The van der Waals surface area contributed by atoms with E-state index in [1.165, 1.54) is 0 Å². The maximum atomic E-state index is 11.5. The normalized spacial score (nSPS) is 20.3. The number of hydrogen-bond donors (Lipinski definition) is 1. The molecule has 8 heteroatoms. The molecule has 1 aliphatic heterocycles. The van der Waals surface area contributed by atoms with E-state index in [9.17, 15) is 5.11 Å². The van der Waals surface area contributed by atoms with Gasteiger partial charge in [-0.25, -0.2) is 0 Å². The second-order valence-corrected chi connectivity index (χ2v) is 12.1. The van der Waals surface area contributed by atoms with E-state index in [1.54, 1.807) is 26.4 Å². The van der Waals surface area contributed by atoms with Gasteiger partial charge in [-0.05, 0) is 22.3 Å². The van der Waals surface area contributed by atoms with Gasteiger partial charge in [0.2, 0.25) is 0 Å². The topological polar surface area (TPSA) is 84.8 Å². The third-order valence-electron chi connectivity index (χ3n) is 8.72. The Hall–Kier alpha value is -4.70. The van der Waals surface area contributed by atoms with Gasteiger partial charge in [0.05, 0.1) is 52.8 Å². The van der Waals surface area contributed by atoms with Crippen LogP contribution in [0.3, 0.4) is 0 Å². The summed E-state index contributed by atoms with van der Waals surface area (Å²) in [7, 11) is 3.09. The van der Waals surface area contributed by atoms with E-state index in [4.69, 9.17) is 33.2 Å². The molecule has 0 radical (unpaired) electrons. The maximum absolute atomic E-state index is 11.5. The zero-order valence-electron chi connectivity index (χ0n) is 28.4. The van der Waals surface area contributed by atoms with Crippen LogP contribution in [0.1, 0.15) is 33.9 Å². The van der Waals surface area contributed by atoms with E-state index < -0.39 is 30.5 Å². The molecule has 8 nitrogen and oxygen atoms in total. The molecular formula is C42H44O8. The van der Waals surface area contributed by atoms with Crippen LogP contribution in [0, 0.1) is 0 Å². The van der Waals surface area contributed by atoms with E-state index in [2.05, 4.69) is 0 Å². The summed E-state index contributed by atoms with van der Waals surface area (Å²) >= 11 is 0. The molecule has 50 heavy (non-hydrogen) atoms. The molecule has 0 spiro atoms. The average molecular weight is 677 g/mol. The van der Waals surface area contributed by atoms with E-state index in [0.29, 0.717) is 36.9 Å². The molecule has 1 N–H and O–H groups in total. The first-order chi connectivity index (χ1) is 24.6. The number of aromatic hydroxyl groups is 1. The van der Waals surface area contributed by atoms with Gasteiger partial charge in [-0.2, -0.15) is 0 Å². The minimum Gasteiger partial charge on any atom is -0.507 e.